The van der Waals surface area contributed by atoms with Crippen molar-refractivity contribution in [2.45, 2.75) is 25.2 Å². The molecule has 2 rings (SSSR count). The first kappa shape index (κ1) is 15.4. The SMILES string of the molecule is CCc1cccc(NC(=O)CSc2cc(C)ccc2N)c1. The van der Waals surface area contributed by atoms with Crippen molar-refractivity contribution >= 4 is 29.0 Å². The third-order valence-electron chi connectivity index (χ3n) is 3.15. The summed E-state index contributed by atoms with van der Waals surface area (Å²) in [6, 6.07) is 13.8. The van der Waals surface area contributed by atoms with Crippen molar-refractivity contribution in [1.82, 2.24) is 0 Å². The van der Waals surface area contributed by atoms with Gasteiger partial charge in [0.15, 0.2) is 0 Å². The zero-order chi connectivity index (χ0) is 15.2. The van der Waals surface area contributed by atoms with Crippen LogP contribution in [0, 0.1) is 6.92 Å². The Morgan fingerprint density at radius 3 is 2.81 bits per heavy atom. The molecule has 0 atom stereocenters. The van der Waals surface area contributed by atoms with Crippen LogP contribution in [0.5, 0.6) is 0 Å². The Morgan fingerprint density at radius 1 is 1.24 bits per heavy atom. The third-order valence-corrected chi connectivity index (χ3v) is 4.22. The van der Waals surface area contributed by atoms with E-state index in [0.717, 1.165) is 22.6 Å². The topological polar surface area (TPSA) is 55.1 Å². The highest BCUT2D eigenvalue weighted by Gasteiger charge is 2.06. The van der Waals surface area contributed by atoms with Gasteiger partial charge in [0, 0.05) is 16.3 Å². The van der Waals surface area contributed by atoms with E-state index in [-0.39, 0.29) is 5.91 Å². The van der Waals surface area contributed by atoms with Crippen molar-refractivity contribution in [3.63, 3.8) is 0 Å². The Kier molecular flexibility index (Phi) is 5.28. The standard InChI is InChI=1S/C17H20N2OS/c1-3-13-5-4-6-14(10-13)19-17(20)11-21-16-9-12(2)7-8-15(16)18/h4-10H,3,11,18H2,1-2H3,(H,19,20). The summed E-state index contributed by atoms with van der Waals surface area (Å²) in [5, 5.41) is 2.92. The van der Waals surface area contributed by atoms with E-state index in [1.54, 1.807) is 0 Å². The fraction of sp³-hybridized carbons (Fsp3) is 0.235. The number of carbonyl (C=O) groups is 1. The van der Waals surface area contributed by atoms with Crippen molar-refractivity contribution in [1.29, 1.82) is 0 Å². The van der Waals surface area contributed by atoms with E-state index in [1.807, 2.05) is 43.3 Å². The lowest BCUT2D eigenvalue weighted by atomic mass is 10.1. The highest BCUT2D eigenvalue weighted by atomic mass is 32.2. The van der Waals surface area contributed by atoms with Crippen LogP contribution in [0.15, 0.2) is 47.4 Å². The van der Waals surface area contributed by atoms with Gasteiger partial charge in [-0.1, -0.05) is 25.1 Å². The van der Waals surface area contributed by atoms with Crippen LogP contribution in [0.25, 0.3) is 0 Å². The van der Waals surface area contributed by atoms with E-state index in [9.17, 15) is 4.79 Å². The molecule has 3 nitrogen and oxygen atoms in total. The van der Waals surface area contributed by atoms with Gasteiger partial charge in [-0.15, -0.1) is 11.8 Å². The van der Waals surface area contributed by atoms with Crippen LogP contribution >= 0.6 is 11.8 Å². The number of nitrogen functional groups attached to an aromatic ring is 1. The molecule has 21 heavy (non-hydrogen) atoms. The largest absolute Gasteiger partial charge is 0.398 e. The van der Waals surface area contributed by atoms with Crippen molar-refractivity contribution in [2.24, 2.45) is 0 Å². The van der Waals surface area contributed by atoms with Gasteiger partial charge < -0.3 is 11.1 Å². The molecule has 0 aliphatic rings. The minimum absolute atomic E-state index is 0.0193. The fourth-order valence-corrected chi connectivity index (χ4v) is 2.84. The summed E-state index contributed by atoms with van der Waals surface area (Å²) in [5.41, 5.74) is 9.83. The zero-order valence-corrected chi connectivity index (χ0v) is 13.2. The number of amides is 1. The summed E-state index contributed by atoms with van der Waals surface area (Å²) in [4.78, 5) is 13.0. The molecule has 0 fully saturated rings. The summed E-state index contributed by atoms with van der Waals surface area (Å²) in [6.45, 7) is 4.11. The number of carbonyl (C=O) groups excluding carboxylic acids is 1. The minimum atomic E-state index is -0.0193. The Bertz CT molecular complexity index is 640. The number of aryl methyl sites for hydroxylation is 2. The lowest BCUT2D eigenvalue weighted by Gasteiger charge is -2.08. The number of benzene rings is 2. The lowest BCUT2D eigenvalue weighted by molar-refractivity contribution is -0.113. The Hall–Kier alpha value is -1.94. The third kappa shape index (κ3) is 4.53. The monoisotopic (exact) mass is 300 g/mol. The second-order valence-electron chi connectivity index (χ2n) is 4.93. The predicted octanol–water partition coefficient (Wildman–Crippen LogP) is 3.87. The van der Waals surface area contributed by atoms with E-state index >= 15 is 0 Å². The average molecular weight is 300 g/mol. The molecule has 1 amide bonds. The van der Waals surface area contributed by atoms with Crippen molar-refractivity contribution in [3.05, 3.63) is 53.6 Å². The maximum absolute atomic E-state index is 12.0. The van der Waals surface area contributed by atoms with E-state index in [4.69, 9.17) is 5.73 Å². The molecule has 0 spiro atoms. The molecule has 4 heteroatoms. The van der Waals surface area contributed by atoms with E-state index in [1.165, 1.54) is 17.3 Å². The summed E-state index contributed by atoms with van der Waals surface area (Å²) in [7, 11) is 0. The Balaban J connectivity index is 1.94. The van der Waals surface area contributed by atoms with Crippen LogP contribution in [-0.2, 0) is 11.2 Å². The van der Waals surface area contributed by atoms with Crippen LogP contribution in [0.4, 0.5) is 11.4 Å². The van der Waals surface area contributed by atoms with Gasteiger partial charge in [-0.25, -0.2) is 0 Å². The van der Waals surface area contributed by atoms with E-state index in [2.05, 4.69) is 18.3 Å². The molecule has 0 aromatic heterocycles. The number of hydrogen-bond acceptors (Lipinski definition) is 3. The van der Waals surface area contributed by atoms with Crippen molar-refractivity contribution in [2.75, 3.05) is 16.8 Å². The Labute approximate surface area is 129 Å². The molecular weight excluding hydrogens is 280 g/mol. The maximum atomic E-state index is 12.0. The van der Waals surface area contributed by atoms with Gasteiger partial charge in [0.25, 0.3) is 0 Å². The first-order chi connectivity index (χ1) is 10.1. The number of nitrogens with one attached hydrogen (secondary N) is 1. The molecule has 0 radical (unpaired) electrons. The number of nitrogens with two attached hydrogens (primary N) is 1. The smallest absolute Gasteiger partial charge is 0.234 e. The molecule has 3 N–H and O–H groups in total. The molecule has 0 aliphatic heterocycles. The van der Waals surface area contributed by atoms with Crippen LogP contribution in [-0.4, -0.2) is 11.7 Å². The number of rotatable bonds is 5. The number of thioether (sulfide) groups is 1. The maximum Gasteiger partial charge on any atom is 0.234 e. The molecule has 0 bridgehead atoms. The highest BCUT2D eigenvalue weighted by molar-refractivity contribution is 8.00. The molecular formula is C17H20N2OS. The summed E-state index contributed by atoms with van der Waals surface area (Å²) >= 11 is 1.46. The molecule has 0 saturated heterocycles. The van der Waals surface area contributed by atoms with Crippen molar-refractivity contribution < 1.29 is 4.79 Å². The molecule has 0 heterocycles. The summed E-state index contributed by atoms with van der Waals surface area (Å²) < 4.78 is 0. The van der Waals surface area contributed by atoms with Gasteiger partial charge in [-0.3, -0.25) is 4.79 Å². The molecule has 2 aromatic carbocycles. The fourth-order valence-electron chi connectivity index (χ4n) is 1.98. The zero-order valence-electron chi connectivity index (χ0n) is 12.3. The molecule has 0 unspecified atom stereocenters. The lowest BCUT2D eigenvalue weighted by Crippen LogP contribution is -2.14. The highest BCUT2D eigenvalue weighted by Crippen LogP contribution is 2.26. The normalized spacial score (nSPS) is 10.4. The van der Waals surface area contributed by atoms with E-state index in [0.29, 0.717) is 11.4 Å². The predicted molar refractivity (Wildman–Crippen MR) is 90.8 cm³/mol. The van der Waals surface area contributed by atoms with Crippen LogP contribution in [0.3, 0.4) is 0 Å². The van der Waals surface area contributed by atoms with Crippen LogP contribution in [0.2, 0.25) is 0 Å². The van der Waals surface area contributed by atoms with E-state index < -0.39 is 0 Å². The molecule has 0 saturated carbocycles. The van der Waals surface area contributed by atoms with Gasteiger partial charge in [0.1, 0.15) is 0 Å². The van der Waals surface area contributed by atoms with Gasteiger partial charge in [0.2, 0.25) is 5.91 Å². The first-order valence-electron chi connectivity index (χ1n) is 6.96. The second kappa shape index (κ2) is 7.18. The van der Waals surface area contributed by atoms with Gasteiger partial charge in [-0.05, 0) is 48.7 Å². The summed E-state index contributed by atoms with van der Waals surface area (Å²) in [5.74, 6) is 0.332. The average Bonchev–Trinajstić information content (AvgIpc) is 2.48. The quantitative estimate of drug-likeness (QED) is 0.651. The minimum Gasteiger partial charge on any atom is -0.398 e. The molecule has 110 valence electrons. The van der Waals surface area contributed by atoms with Crippen LogP contribution < -0.4 is 11.1 Å². The van der Waals surface area contributed by atoms with Gasteiger partial charge >= 0.3 is 0 Å². The van der Waals surface area contributed by atoms with Gasteiger partial charge in [0.05, 0.1) is 5.75 Å². The number of anilines is 2. The second-order valence-corrected chi connectivity index (χ2v) is 5.95. The molecule has 0 aliphatic carbocycles. The van der Waals surface area contributed by atoms with Crippen molar-refractivity contribution in [3.8, 4) is 0 Å². The van der Waals surface area contributed by atoms with Crippen LogP contribution in [0.1, 0.15) is 18.1 Å². The Morgan fingerprint density at radius 2 is 2.05 bits per heavy atom. The first-order valence-corrected chi connectivity index (χ1v) is 7.94. The van der Waals surface area contributed by atoms with Gasteiger partial charge in [-0.2, -0.15) is 0 Å². The number of hydrogen-bond donors (Lipinski definition) is 2. The summed E-state index contributed by atoms with van der Waals surface area (Å²) in [6.07, 6.45) is 0.957. The molecule has 2 aromatic rings.